The third-order valence-electron chi connectivity index (χ3n) is 6.44. The number of ketones is 2. The molecule has 1 heterocycles. The Balaban J connectivity index is 1.58. The quantitative estimate of drug-likeness (QED) is 0.0845. The number of esters is 1. The lowest BCUT2D eigenvalue weighted by Crippen LogP contribution is -2.38. The van der Waals surface area contributed by atoms with Gasteiger partial charge in [0.1, 0.15) is 17.7 Å². The number of cyclic esters (lactones) is 1. The summed E-state index contributed by atoms with van der Waals surface area (Å²) in [6.45, 7) is 0. The van der Waals surface area contributed by atoms with Gasteiger partial charge < -0.3 is 10.1 Å². The fourth-order valence-electron chi connectivity index (χ4n) is 4.61. The van der Waals surface area contributed by atoms with Gasteiger partial charge in [0.15, 0.2) is 5.78 Å². The predicted octanol–water partition coefficient (Wildman–Crippen LogP) is 5.18. The smallest absolute Gasteiger partial charge is 0.339 e. The lowest BCUT2D eigenvalue weighted by Gasteiger charge is -2.22. The van der Waals surface area contributed by atoms with E-state index in [0.717, 1.165) is 0 Å². The lowest BCUT2D eigenvalue weighted by molar-refractivity contribution is -0.383. The maximum absolute atomic E-state index is 14.1. The first-order chi connectivity index (χ1) is 18.9. The molecule has 5 rings (SSSR count). The van der Waals surface area contributed by atoms with Crippen molar-refractivity contribution in [1.29, 1.82) is 0 Å². The number of para-hydroxylation sites is 2. The Hall–Kier alpha value is -5.44. The number of Topliss-reactive ketones (excluding diaryl/α,β-unsaturated/α-hetero) is 2. The maximum atomic E-state index is 14.1. The molecular formula is C30H20N2O7. The van der Waals surface area contributed by atoms with Crippen LogP contribution in [0, 0.1) is 16.0 Å². The summed E-state index contributed by atoms with van der Waals surface area (Å²) in [6, 6.07) is 27.3. The first kappa shape index (κ1) is 25.2. The summed E-state index contributed by atoms with van der Waals surface area (Å²) in [5, 5.41) is 13.7. The van der Waals surface area contributed by atoms with Crippen molar-refractivity contribution in [2.24, 2.45) is 5.92 Å². The Morgan fingerprint density at radius 3 is 2.15 bits per heavy atom. The molecule has 0 bridgehead atoms. The Kier molecular flexibility index (Phi) is 6.79. The zero-order valence-electron chi connectivity index (χ0n) is 20.3. The Morgan fingerprint density at radius 1 is 0.795 bits per heavy atom. The van der Waals surface area contributed by atoms with Gasteiger partial charge in [0, 0.05) is 17.2 Å². The molecule has 4 aromatic carbocycles. The van der Waals surface area contributed by atoms with Crippen molar-refractivity contribution in [2.75, 3.05) is 5.32 Å². The fraction of sp³-hybridized carbons (Fsp3) is 0.0667. The Morgan fingerprint density at radius 2 is 1.41 bits per heavy atom. The van der Waals surface area contributed by atoms with Crippen LogP contribution >= 0.6 is 0 Å². The van der Waals surface area contributed by atoms with Gasteiger partial charge in [-0.05, 0) is 23.3 Å². The summed E-state index contributed by atoms with van der Waals surface area (Å²) >= 11 is 0. The summed E-state index contributed by atoms with van der Waals surface area (Å²) in [6.07, 6.45) is -1.37. The molecule has 1 aliphatic rings. The average molecular weight is 520 g/mol. The number of hydrogen-bond donors (Lipinski definition) is 1. The number of amides is 1. The topological polar surface area (TPSA) is 133 Å². The molecular weight excluding hydrogens is 500 g/mol. The molecule has 1 aliphatic heterocycles. The SMILES string of the molecule is O=C(Nc1ccccc1[N+](=O)[O-])C(=O)[C@H](C(=O)c1ccccc1-c1ccccc1)[C@H]1OC(=O)c2ccccc21. The number of nitro benzene ring substituents is 1. The number of ether oxygens (including phenoxy) is 1. The molecule has 0 aliphatic carbocycles. The minimum Gasteiger partial charge on any atom is -0.453 e. The molecule has 1 N–H and O–H groups in total. The highest BCUT2D eigenvalue weighted by Crippen LogP contribution is 2.39. The molecule has 9 nitrogen and oxygen atoms in total. The number of rotatable bonds is 8. The second kappa shape index (κ2) is 10.5. The van der Waals surface area contributed by atoms with Crippen molar-refractivity contribution >= 4 is 34.8 Å². The number of benzene rings is 4. The maximum Gasteiger partial charge on any atom is 0.339 e. The molecule has 0 spiro atoms. The fourth-order valence-corrected chi connectivity index (χ4v) is 4.61. The minimum absolute atomic E-state index is 0.154. The first-order valence-corrected chi connectivity index (χ1v) is 11.9. The lowest BCUT2D eigenvalue weighted by atomic mass is 9.82. The average Bonchev–Trinajstić information content (AvgIpc) is 3.29. The Bertz CT molecular complexity index is 1630. The minimum atomic E-state index is -1.75. The molecule has 4 aromatic rings. The number of hydrogen-bond acceptors (Lipinski definition) is 7. The summed E-state index contributed by atoms with van der Waals surface area (Å²) in [7, 11) is 0. The van der Waals surface area contributed by atoms with Crippen LogP contribution in [0.5, 0.6) is 0 Å². The van der Waals surface area contributed by atoms with Gasteiger partial charge in [-0.15, -0.1) is 0 Å². The van der Waals surface area contributed by atoms with Crippen LogP contribution in [0.3, 0.4) is 0 Å². The molecule has 0 radical (unpaired) electrons. The molecule has 0 fully saturated rings. The molecule has 39 heavy (non-hydrogen) atoms. The van der Waals surface area contributed by atoms with Gasteiger partial charge in [0.25, 0.3) is 11.6 Å². The van der Waals surface area contributed by atoms with Crippen LogP contribution in [0.15, 0.2) is 103 Å². The number of carbonyl (C=O) groups excluding carboxylic acids is 4. The predicted molar refractivity (Wildman–Crippen MR) is 141 cm³/mol. The summed E-state index contributed by atoms with van der Waals surface area (Å²) in [4.78, 5) is 64.3. The number of nitro groups is 1. The van der Waals surface area contributed by atoms with E-state index in [4.69, 9.17) is 4.74 Å². The third kappa shape index (κ3) is 4.80. The third-order valence-corrected chi connectivity index (χ3v) is 6.44. The summed E-state index contributed by atoms with van der Waals surface area (Å²) in [5.41, 5.74) is 1.24. The van der Waals surface area contributed by atoms with Crippen molar-refractivity contribution in [3.05, 3.63) is 130 Å². The highest BCUT2D eigenvalue weighted by Gasteiger charge is 2.46. The monoisotopic (exact) mass is 520 g/mol. The number of fused-ring (bicyclic) bond motifs is 1. The van der Waals surface area contributed by atoms with E-state index in [9.17, 15) is 29.3 Å². The Labute approximate surface area is 222 Å². The molecule has 0 aromatic heterocycles. The molecule has 0 saturated carbocycles. The summed E-state index contributed by atoms with van der Waals surface area (Å²) in [5.74, 6) is -5.65. The normalized spacial score (nSPS) is 14.6. The van der Waals surface area contributed by atoms with Gasteiger partial charge in [-0.2, -0.15) is 0 Å². The van der Waals surface area contributed by atoms with E-state index in [1.54, 1.807) is 60.7 Å². The van der Waals surface area contributed by atoms with E-state index >= 15 is 0 Å². The van der Waals surface area contributed by atoms with Crippen LogP contribution in [0.2, 0.25) is 0 Å². The van der Waals surface area contributed by atoms with Gasteiger partial charge in [0.05, 0.1) is 10.5 Å². The molecule has 0 unspecified atom stereocenters. The summed E-state index contributed by atoms with van der Waals surface area (Å²) < 4.78 is 5.50. The number of anilines is 1. The first-order valence-electron chi connectivity index (χ1n) is 11.9. The molecule has 0 saturated heterocycles. The van der Waals surface area contributed by atoms with E-state index in [1.807, 2.05) is 6.07 Å². The van der Waals surface area contributed by atoms with Gasteiger partial charge in [0.2, 0.25) is 5.78 Å². The van der Waals surface area contributed by atoms with Crippen LogP contribution in [-0.2, 0) is 14.3 Å². The van der Waals surface area contributed by atoms with Crippen LogP contribution in [0.1, 0.15) is 32.4 Å². The standard InChI is InChI=1S/C30H20N2O7/c33-26(20-13-5-4-12-19(20)18-10-2-1-3-11-18)25(28-21-14-6-7-15-22(21)30(36)39-28)27(34)29(35)31-23-16-8-9-17-24(23)32(37)38/h1-17,25,28H,(H,31,35)/t25-,28-/m0/s1. The van der Waals surface area contributed by atoms with Gasteiger partial charge in [-0.25, -0.2) is 4.79 Å². The van der Waals surface area contributed by atoms with Crippen molar-refractivity contribution in [3.63, 3.8) is 0 Å². The van der Waals surface area contributed by atoms with Gasteiger partial charge in [-0.1, -0.05) is 84.9 Å². The largest absolute Gasteiger partial charge is 0.453 e. The number of carbonyl (C=O) groups is 4. The molecule has 9 heteroatoms. The van der Waals surface area contributed by atoms with Gasteiger partial charge >= 0.3 is 5.97 Å². The second-order valence-electron chi connectivity index (χ2n) is 8.76. The molecule has 2 atom stereocenters. The zero-order chi connectivity index (χ0) is 27.5. The van der Waals surface area contributed by atoms with Crippen molar-refractivity contribution < 1.29 is 28.8 Å². The zero-order valence-corrected chi connectivity index (χ0v) is 20.3. The van der Waals surface area contributed by atoms with E-state index < -0.39 is 46.1 Å². The van der Waals surface area contributed by atoms with Crippen LogP contribution in [0.4, 0.5) is 11.4 Å². The van der Waals surface area contributed by atoms with E-state index in [1.165, 1.54) is 36.4 Å². The molecule has 192 valence electrons. The van der Waals surface area contributed by atoms with Crippen molar-refractivity contribution in [2.45, 2.75) is 6.10 Å². The van der Waals surface area contributed by atoms with Crippen LogP contribution in [0.25, 0.3) is 11.1 Å². The van der Waals surface area contributed by atoms with Crippen LogP contribution in [-0.4, -0.2) is 28.4 Å². The number of nitrogens with one attached hydrogen (secondary N) is 1. The van der Waals surface area contributed by atoms with Crippen molar-refractivity contribution in [3.8, 4) is 11.1 Å². The van der Waals surface area contributed by atoms with E-state index in [0.29, 0.717) is 16.7 Å². The van der Waals surface area contributed by atoms with E-state index in [-0.39, 0.29) is 16.8 Å². The second-order valence-corrected chi connectivity index (χ2v) is 8.76. The number of nitrogens with zero attached hydrogens (tertiary/aromatic N) is 1. The van der Waals surface area contributed by atoms with Gasteiger partial charge in [-0.3, -0.25) is 24.5 Å². The van der Waals surface area contributed by atoms with Crippen molar-refractivity contribution in [1.82, 2.24) is 0 Å². The highest BCUT2D eigenvalue weighted by atomic mass is 16.6. The highest BCUT2D eigenvalue weighted by molar-refractivity contribution is 6.45. The molecule has 1 amide bonds. The van der Waals surface area contributed by atoms with E-state index in [2.05, 4.69) is 5.32 Å². The van der Waals surface area contributed by atoms with Crippen LogP contribution < -0.4 is 5.32 Å².